The molecular weight excluding hydrogens is 294 g/mol. The Kier molecular flexibility index (Phi) is 3.57. The highest BCUT2D eigenvalue weighted by molar-refractivity contribution is 6.33. The van der Waals surface area contributed by atoms with Crippen LogP contribution in [0.5, 0.6) is 0 Å². The number of halogens is 3. The maximum Gasteiger partial charge on any atom is 0.161 e. The standard InChI is InChI=1S/C16H11ClF2N2/c17-12-4-2-1-3-11(12)16-10(8-20)5-9-6-13(18)14(19)7-15(9)21-16/h1-7H,8,20H2. The van der Waals surface area contributed by atoms with Crippen LogP contribution in [-0.4, -0.2) is 4.98 Å². The van der Waals surface area contributed by atoms with Gasteiger partial charge in [0, 0.05) is 28.6 Å². The summed E-state index contributed by atoms with van der Waals surface area (Å²) in [6.45, 7) is 0.225. The molecule has 0 saturated carbocycles. The molecule has 0 aliphatic heterocycles. The van der Waals surface area contributed by atoms with Gasteiger partial charge in [0.1, 0.15) is 0 Å². The molecule has 2 N–H and O–H groups in total. The van der Waals surface area contributed by atoms with Crippen molar-refractivity contribution in [1.82, 2.24) is 4.98 Å². The zero-order valence-electron chi connectivity index (χ0n) is 10.9. The predicted octanol–water partition coefficient (Wildman–Crippen LogP) is 4.29. The number of rotatable bonds is 2. The van der Waals surface area contributed by atoms with E-state index in [1.54, 1.807) is 12.1 Å². The molecule has 0 atom stereocenters. The summed E-state index contributed by atoms with van der Waals surface area (Å²) in [5, 5.41) is 1.03. The van der Waals surface area contributed by atoms with Crippen molar-refractivity contribution in [3.05, 3.63) is 64.7 Å². The fraction of sp³-hybridized carbons (Fsp3) is 0.0625. The van der Waals surface area contributed by atoms with Crippen molar-refractivity contribution in [2.24, 2.45) is 5.73 Å². The van der Waals surface area contributed by atoms with Gasteiger partial charge < -0.3 is 5.73 Å². The van der Waals surface area contributed by atoms with Crippen molar-refractivity contribution in [1.29, 1.82) is 0 Å². The Morgan fingerprint density at radius 2 is 1.76 bits per heavy atom. The van der Waals surface area contributed by atoms with Crippen molar-refractivity contribution in [3.8, 4) is 11.3 Å². The average Bonchev–Trinajstić information content (AvgIpc) is 2.48. The first-order valence-corrected chi connectivity index (χ1v) is 6.71. The van der Waals surface area contributed by atoms with Gasteiger partial charge in [0.2, 0.25) is 0 Å². The maximum atomic E-state index is 13.4. The van der Waals surface area contributed by atoms with Crippen LogP contribution in [0.15, 0.2) is 42.5 Å². The Balaban J connectivity index is 2.32. The summed E-state index contributed by atoms with van der Waals surface area (Å²) in [6.07, 6.45) is 0. The lowest BCUT2D eigenvalue weighted by atomic mass is 10.0. The van der Waals surface area contributed by atoms with E-state index in [2.05, 4.69) is 4.98 Å². The van der Waals surface area contributed by atoms with Crippen molar-refractivity contribution in [2.45, 2.75) is 6.54 Å². The van der Waals surface area contributed by atoms with Gasteiger partial charge in [0.25, 0.3) is 0 Å². The van der Waals surface area contributed by atoms with Crippen LogP contribution in [0.25, 0.3) is 22.2 Å². The Bertz CT molecular complexity index is 834. The SMILES string of the molecule is NCc1cc2cc(F)c(F)cc2nc1-c1ccccc1Cl. The predicted molar refractivity (Wildman–Crippen MR) is 80.0 cm³/mol. The Morgan fingerprint density at radius 3 is 2.48 bits per heavy atom. The first-order valence-electron chi connectivity index (χ1n) is 6.34. The maximum absolute atomic E-state index is 13.4. The molecule has 0 amide bonds. The molecule has 0 saturated heterocycles. The number of pyridine rings is 1. The van der Waals surface area contributed by atoms with Gasteiger partial charge in [-0.1, -0.05) is 29.8 Å². The Morgan fingerprint density at radius 1 is 1.05 bits per heavy atom. The summed E-state index contributed by atoms with van der Waals surface area (Å²) < 4.78 is 26.7. The first-order chi connectivity index (χ1) is 10.1. The number of hydrogen-bond acceptors (Lipinski definition) is 2. The van der Waals surface area contributed by atoms with Crippen LogP contribution in [0, 0.1) is 11.6 Å². The number of hydrogen-bond donors (Lipinski definition) is 1. The molecule has 0 spiro atoms. The molecule has 0 radical (unpaired) electrons. The van der Waals surface area contributed by atoms with Crippen LogP contribution < -0.4 is 5.73 Å². The number of nitrogens with zero attached hydrogens (tertiary/aromatic N) is 1. The van der Waals surface area contributed by atoms with E-state index in [-0.39, 0.29) is 6.54 Å². The van der Waals surface area contributed by atoms with E-state index in [1.165, 1.54) is 0 Å². The third kappa shape index (κ3) is 2.48. The van der Waals surface area contributed by atoms with Crippen molar-refractivity contribution in [2.75, 3.05) is 0 Å². The minimum absolute atomic E-state index is 0.225. The number of benzene rings is 2. The van der Waals surface area contributed by atoms with Crippen LogP contribution in [0.4, 0.5) is 8.78 Å². The van der Waals surface area contributed by atoms with Crippen molar-refractivity contribution in [3.63, 3.8) is 0 Å². The van der Waals surface area contributed by atoms with Crippen LogP contribution in [0.1, 0.15) is 5.56 Å². The summed E-state index contributed by atoms with van der Waals surface area (Å²) >= 11 is 6.18. The van der Waals surface area contributed by atoms with Crippen LogP contribution in [0.3, 0.4) is 0 Å². The topological polar surface area (TPSA) is 38.9 Å². The third-order valence-corrected chi connectivity index (χ3v) is 3.61. The first kappa shape index (κ1) is 13.9. The molecule has 0 bridgehead atoms. The molecule has 106 valence electrons. The highest BCUT2D eigenvalue weighted by Crippen LogP contribution is 2.31. The fourth-order valence-corrected chi connectivity index (χ4v) is 2.48. The van der Waals surface area contributed by atoms with E-state index in [9.17, 15) is 8.78 Å². The molecular formula is C16H11ClF2N2. The molecule has 3 aromatic rings. The molecule has 0 fully saturated rings. The quantitative estimate of drug-likeness (QED) is 0.767. The summed E-state index contributed by atoms with van der Waals surface area (Å²) in [4.78, 5) is 4.41. The molecule has 21 heavy (non-hydrogen) atoms. The second-order valence-corrected chi connectivity index (χ2v) is 5.05. The Hall–Kier alpha value is -2.04. The fourth-order valence-electron chi connectivity index (χ4n) is 2.25. The zero-order chi connectivity index (χ0) is 15.0. The van der Waals surface area contributed by atoms with E-state index in [1.807, 2.05) is 18.2 Å². The number of fused-ring (bicyclic) bond motifs is 1. The minimum Gasteiger partial charge on any atom is -0.326 e. The van der Waals surface area contributed by atoms with Crippen LogP contribution in [-0.2, 0) is 6.54 Å². The lowest BCUT2D eigenvalue weighted by molar-refractivity contribution is 0.510. The van der Waals surface area contributed by atoms with Gasteiger partial charge >= 0.3 is 0 Å². The van der Waals surface area contributed by atoms with Gasteiger partial charge in [-0.2, -0.15) is 0 Å². The monoisotopic (exact) mass is 304 g/mol. The van der Waals surface area contributed by atoms with Gasteiger partial charge in [-0.15, -0.1) is 0 Å². The van der Waals surface area contributed by atoms with Crippen molar-refractivity contribution >= 4 is 22.5 Å². The van der Waals surface area contributed by atoms with Crippen LogP contribution in [0.2, 0.25) is 5.02 Å². The van der Waals surface area contributed by atoms with Gasteiger partial charge in [0.15, 0.2) is 11.6 Å². The molecule has 5 heteroatoms. The van der Waals surface area contributed by atoms with Crippen molar-refractivity contribution < 1.29 is 8.78 Å². The summed E-state index contributed by atoms with van der Waals surface area (Å²) in [6, 6.07) is 11.1. The van der Waals surface area contributed by atoms with Gasteiger partial charge in [-0.3, -0.25) is 0 Å². The molecule has 2 aromatic carbocycles. The molecule has 0 aliphatic carbocycles. The third-order valence-electron chi connectivity index (χ3n) is 3.28. The summed E-state index contributed by atoms with van der Waals surface area (Å²) in [5.74, 6) is -1.83. The average molecular weight is 305 g/mol. The van der Waals surface area contributed by atoms with E-state index in [0.717, 1.165) is 17.7 Å². The lowest BCUT2D eigenvalue weighted by Gasteiger charge is -2.11. The van der Waals surface area contributed by atoms with Crippen LogP contribution >= 0.6 is 11.6 Å². The molecule has 1 aromatic heterocycles. The van der Waals surface area contributed by atoms with Gasteiger partial charge in [-0.25, -0.2) is 13.8 Å². The molecule has 1 heterocycles. The second-order valence-electron chi connectivity index (χ2n) is 4.64. The van der Waals surface area contributed by atoms with E-state index in [0.29, 0.717) is 27.2 Å². The largest absolute Gasteiger partial charge is 0.326 e. The van der Waals surface area contributed by atoms with Gasteiger partial charge in [0.05, 0.1) is 11.2 Å². The normalized spacial score (nSPS) is 11.0. The molecule has 0 aliphatic rings. The highest BCUT2D eigenvalue weighted by atomic mass is 35.5. The zero-order valence-corrected chi connectivity index (χ0v) is 11.7. The van der Waals surface area contributed by atoms with Gasteiger partial charge in [-0.05, 0) is 23.8 Å². The number of nitrogens with two attached hydrogens (primary N) is 1. The van der Waals surface area contributed by atoms with E-state index >= 15 is 0 Å². The highest BCUT2D eigenvalue weighted by Gasteiger charge is 2.13. The van der Waals surface area contributed by atoms with E-state index in [4.69, 9.17) is 17.3 Å². The lowest BCUT2D eigenvalue weighted by Crippen LogP contribution is -2.02. The number of aromatic nitrogens is 1. The molecule has 3 rings (SSSR count). The Labute approximate surface area is 125 Å². The smallest absolute Gasteiger partial charge is 0.161 e. The summed E-state index contributed by atoms with van der Waals surface area (Å²) in [7, 11) is 0. The molecule has 0 unspecified atom stereocenters. The molecule has 2 nitrogen and oxygen atoms in total. The minimum atomic E-state index is -0.930. The summed E-state index contributed by atoms with van der Waals surface area (Å²) in [5.41, 5.74) is 8.13. The second kappa shape index (κ2) is 5.39. The van der Waals surface area contributed by atoms with E-state index < -0.39 is 11.6 Å².